The fraction of sp³-hybridized carbons (Fsp3) is 1.00. The molecule has 0 aromatic rings. The zero-order valence-electron chi connectivity index (χ0n) is 6.48. The molecule has 1 saturated carbocycles. The maximum Gasteiger partial charge on any atom is -0.00721 e. The highest BCUT2D eigenvalue weighted by molar-refractivity contribution is 4.87. The van der Waals surface area contributed by atoms with Gasteiger partial charge in [0.05, 0.1) is 0 Å². The van der Waals surface area contributed by atoms with E-state index in [1.165, 1.54) is 19.3 Å². The summed E-state index contributed by atoms with van der Waals surface area (Å²) in [7, 11) is 0. The van der Waals surface area contributed by atoms with E-state index in [0.29, 0.717) is 5.41 Å². The van der Waals surface area contributed by atoms with E-state index < -0.39 is 0 Å². The fourth-order valence-corrected chi connectivity index (χ4v) is 1.44. The van der Waals surface area contributed by atoms with Crippen molar-refractivity contribution in [1.82, 2.24) is 0 Å². The zero-order valence-corrected chi connectivity index (χ0v) is 6.48. The first kappa shape index (κ1) is 7.07. The van der Waals surface area contributed by atoms with Crippen LogP contribution in [0.15, 0.2) is 0 Å². The van der Waals surface area contributed by atoms with Crippen LogP contribution in [0.2, 0.25) is 0 Å². The molecule has 0 spiro atoms. The summed E-state index contributed by atoms with van der Waals surface area (Å²) >= 11 is 0. The Morgan fingerprint density at radius 1 is 1.44 bits per heavy atom. The van der Waals surface area contributed by atoms with Gasteiger partial charge in [-0.05, 0) is 37.1 Å². The van der Waals surface area contributed by atoms with Crippen molar-refractivity contribution in [3.05, 3.63) is 0 Å². The van der Waals surface area contributed by atoms with Crippen LogP contribution in [0.25, 0.3) is 0 Å². The monoisotopic (exact) mass is 127 g/mol. The third kappa shape index (κ3) is 1.68. The topological polar surface area (TPSA) is 26.0 Å². The van der Waals surface area contributed by atoms with Crippen LogP contribution in [0.5, 0.6) is 0 Å². The van der Waals surface area contributed by atoms with Gasteiger partial charge in [0, 0.05) is 0 Å². The predicted octanol–water partition coefficient (Wildman–Crippen LogP) is 1.77. The highest BCUT2D eigenvalue weighted by Crippen LogP contribution is 2.46. The molecule has 0 aromatic heterocycles. The van der Waals surface area contributed by atoms with Crippen LogP contribution in [-0.2, 0) is 0 Å². The van der Waals surface area contributed by atoms with E-state index in [-0.39, 0.29) is 0 Å². The molecule has 0 aromatic carbocycles. The van der Waals surface area contributed by atoms with E-state index in [1.54, 1.807) is 0 Å². The maximum absolute atomic E-state index is 5.48. The van der Waals surface area contributed by atoms with Gasteiger partial charge in [-0.3, -0.25) is 0 Å². The summed E-state index contributed by atoms with van der Waals surface area (Å²) in [5, 5.41) is 0. The molecule has 9 heavy (non-hydrogen) atoms. The Hall–Kier alpha value is -0.0400. The molecule has 54 valence electrons. The molecule has 2 N–H and O–H groups in total. The highest BCUT2D eigenvalue weighted by Gasteiger charge is 2.36. The Kier molecular flexibility index (Phi) is 1.80. The van der Waals surface area contributed by atoms with Crippen LogP contribution in [0.1, 0.15) is 33.1 Å². The third-order valence-corrected chi connectivity index (χ3v) is 2.47. The van der Waals surface area contributed by atoms with E-state index in [9.17, 15) is 0 Å². The van der Waals surface area contributed by atoms with Crippen molar-refractivity contribution < 1.29 is 0 Å². The molecule has 0 unspecified atom stereocenters. The second-order valence-electron chi connectivity index (χ2n) is 3.80. The first-order valence-corrected chi connectivity index (χ1v) is 3.87. The average Bonchev–Trinajstić information content (AvgIpc) is 2.41. The molecular weight excluding hydrogens is 110 g/mol. The first-order chi connectivity index (χ1) is 4.17. The lowest BCUT2D eigenvalue weighted by Crippen LogP contribution is -2.18. The van der Waals surface area contributed by atoms with Crippen LogP contribution in [0.4, 0.5) is 0 Å². The molecule has 1 heteroatoms. The molecule has 1 fully saturated rings. The lowest BCUT2D eigenvalue weighted by Gasteiger charge is -2.22. The number of hydrogen-bond acceptors (Lipinski definition) is 1. The number of rotatable bonds is 3. The molecule has 0 radical (unpaired) electrons. The summed E-state index contributed by atoms with van der Waals surface area (Å²) in [6, 6.07) is 0. The second-order valence-corrected chi connectivity index (χ2v) is 3.80. The van der Waals surface area contributed by atoms with E-state index in [4.69, 9.17) is 5.73 Å². The smallest absolute Gasteiger partial charge is 0.00721 e. The van der Waals surface area contributed by atoms with Gasteiger partial charge in [-0.25, -0.2) is 0 Å². The van der Waals surface area contributed by atoms with Crippen molar-refractivity contribution in [1.29, 1.82) is 0 Å². The van der Waals surface area contributed by atoms with Crippen molar-refractivity contribution in [2.75, 3.05) is 6.54 Å². The van der Waals surface area contributed by atoms with E-state index in [0.717, 1.165) is 12.5 Å². The minimum Gasteiger partial charge on any atom is -0.330 e. The van der Waals surface area contributed by atoms with Gasteiger partial charge < -0.3 is 5.73 Å². The van der Waals surface area contributed by atoms with Gasteiger partial charge in [0.15, 0.2) is 0 Å². The Morgan fingerprint density at radius 3 is 2.33 bits per heavy atom. The Morgan fingerprint density at radius 2 is 2.00 bits per heavy atom. The summed E-state index contributed by atoms with van der Waals surface area (Å²) in [4.78, 5) is 0. The van der Waals surface area contributed by atoms with Crippen molar-refractivity contribution >= 4 is 0 Å². The van der Waals surface area contributed by atoms with Crippen LogP contribution < -0.4 is 5.73 Å². The van der Waals surface area contributed by atoms with Crippen LogP contribution in [-0.4, -0.2) is 6.54 Å². The summed E-state index contributed by atoms with van der Waals surface area (Å²) in [6.07, 6.45) is 4.07. The first-order valence-electron chi connectivity index (χ1n) is 3.87. The van der Waals surface area contributed by atoms with Gasteiger partial charge in [0.1, 0.15) is 0 Å². The standard InChI is InChI=1S/C8H17N/c1-8(2,5-6-9)7-3-4-7/h7H,3-6,9H2,1-2H3. The number of nitrogens with two attached hydrogens (primary N) is 1. The maximum atomic E-state index is 5.48. The molecule has 1 rings (SSSR count). The molecule has 1 aliphatic carbocycles. The molecule has 0 aliphatic heterocycles. The van der Waals surface area contributed by atoms with E-state index in [2.05, 4.69) is 13.8 Å². The van der Waals surface area contributed by atoms with Crippen molar-refractivity contribution in [2.24, 2.45) is 17.1 Å². The SMILES string of the molecule is CC(C)(CCN)C1CC1. The number of hydrogen-bond donors (Lipinski definition) is 1. The normalized spacial score (nSPS) is 20.3. The van der Waals surface area contributed by atoms with Crippen molar-refractivity contribution in [3.63, 3.8) is 0 Å². The lowest BCUT2D eigenvalue weighted by atomic mass is 9.84. The van der Waals surface area contributed by atoms with Crippen molar-refractivity contribution in [3.8, 4) is 0 Å². The molecule has 0 saturated heterocycles. The largest absolute Gasteiger partial charge is 0.330 e. The second kappa shape index (κ2) is 2.30. The summed E-state index contributed by atoms with van der Waals surface area (Å²) in [5.41, 5.74) is 6.02. The highest BCUT2D eigenvalue weighted by atomic mass is 14.6. The third-order valence-electron chi connectivity index (χ3n) is 2.47. The van der Waals surface area contributed by atoms with Gasteiger partial charge in [-0.2, -0.15) is 0 Å². The minimum absolute atomic E-state index is 0.536. The Balaban J connectivity index is 2.30. The minimum atomic E-state index is 0.536. The van der Waals surface area contributed by atoms with Gasteiger partial charge in [-0.15, -0.1) is 0 Å². The van der Waals surface area contributed by atoms with Crippen molar-refractivity contribution in [2.45, 2.75) is 33.1 Å². The molecule has 0 bridgehead atoms. The average molecular weight is 127 g/mol. The van der Waals surface area contributed by atoms with Crippen LogP contribution >= 0.6 is 0 Å². The summed E-state index contributed by atoms with van der Waals surface area (Å²) in [6.45, 7) is 5.51. The van der Waals surface area contributed by atoms with Crippen LogP contribution in [0, 0.1) is 11.3 Å². The Labute approximate surface area is 57.6 Å². The van der Waals surface area contributed by atoms with Gasteiger partial charge in [0.25, 0.3) is 0 Å². The van der Waals surface area contributed by atoms with Gasteiger partial charge in [-0.1, -0.05) is 13.8 Å². The van der Waals surface area contributed by atoms with Gasteiger partial charge >= 0.3 is 0 Å². The van der Waals surface area contributed by atoms with E-state index in [1.807, 2.05) is 0 Å². The molecule has 0 atom stereocenters. The molecule has 1 aliphatic rings. The molecular formula is C8H17N. The van der Waals surface area contributed by atoms with E-state index >= 15 is 0 Å². The summed E-state index contributed by atoms with van der Waals surface area (Å²) in [5.74, 6) is 0.987. The molecule has 1 nitrogen and oxygen atoms in total. The lowest BCUT2D eigenvalue weighted by molar-refractivity contribution is 0.289. The van der Waals surface area contributed by atoms with Crippen LogP contribution in [0.3, 0.4) is 0 Å². The Bertz CT molecular complexity index is 92.7. The zero-order chi connectivity index (χ0) is 6.91. The molecule has 0 amide bonds. The molecule has 0 heterocycles. The summed E-state index contributed by atoms with van der Waals surface area (Å²) < 4.78 is 0. The predicted molar refractivity (Wildman–Crippen MR) is 40.2 cm³/mol. The fourth-order valence-electron chi connectivity index (χ4n) is 1.44. The van der Waals surface area contributed by atoms with Gasteiger partial charge in [0.2, 0.25) is 0 Å². The quantitative estimate of drug-likeness (QED) is 0.614.